The van der Waals surface area contributed by atoms with Gasteiger partial charge in [0, 0.05) is 38.3 Å². The van der Waals surface area contributed by atoms with Crippen molar-refractivity contribution in [1.82, 2.24) is 20.0 Å². The molecule has 2 heterocycles. The first-order chi connectivity index (χ1) is 19.5. The summed E-state index contributed by atoms with van der Waals surface area (Å²) in [5.74, 6) is 2.92. The van der Waals surface area contributed by atoms with Crippen LogP contribution in [0.1, 0.15) is 56.3 Å². The first-order valence-corrected chi connectivity index (χ1v) is 15.2. The van der Waals surface area contributed by atoms with Crippen LogP contribution < -0.4 is 5.32 Å². The second-order valence-corrected chi connectivity index (χ2v) is 12.7. The fourth-order valence-electron chi connectivity index (χ4n) is 8.02. The Morgan fingerprint density at radius 1 is 0.900 bits per heavy atom. The highest BCUT2D eigenvalue weighted by Gasteiger charge is 2.51. The molecule has 40 heavy (non-hydrogen) atoms. The third-order valence-corrected chi connectivity index (χ3v) is 9.53. The number of ether oxygens (including phenoxy) is 1. The molecule has 1 aromatic carbocycles. The van der Waals surface area contributed by atoms with Crippen LogP contribution in [0.3, 0.4) is 0 Å². The average molecular weight is 549 g/mol. The van der Waals surface area contributed by atoms with Crippen LogP contribution in [0.2, 0.25) is 0 Å². The van der Waals surface area contributed by atoms with Gasteiger partial charge in [-0.3, -0.25) is 9.69 Å². The van der Waals surface area contributed by atoms with E-state index >= 15 is 0 Å². The number of carbonyl (C=O) groups is 2. The summed E-state index contributed by atoms with van der Waals surface area (Å²) in [6, 6.07) is 13.7. The lowest BCUT2D eigenvalue weighted by molar-refractivity contribution is -0.133. The van der Waals surface area contributed by atoms with E-state index in [1.807, 2.05) is 42.5 Å². The minimum Gasteiger partial charge on any atom is -0.467 e. The number of hydrogen-bond acceptors (Lipinski definition) is 5. The molecule has 1 N–H and O–H groups in total. The Hall–Kier alpha value is -2.84. The molecule has 0 atom stereocenters. The van der Waals surface area contributed by atoms with E-state index in [0.717, 1.165) is 87.6 Å². The molecule has 7 rings (SSSR count). The van der Waals surface area contributed by atoms with Crippen molar-refractivity contribution < 1.29 is 18.7 Å². The highest BCUT2D eigenvalue weighted by atomic mass is 16.5. The zero-order valence-corrected chi connectivity index (χ0v) is 23.6. The number of nitrogens with zero attached hydrogens (tertiary/aromatic N) is 3. The Balaban J connectivity index is 1.15. The Bertz CT molecular complexity index is 1080. The van der Waals surface area contributed by atoms with Gasteiger partial charge in [-0.25, -0.2) is 4.79 Å². The lowest BCUT2D eigenvalue weighted by atomic mass is 9.53. The van der Waals surface area contributed by atoms with E-state index in [4.69, 9.17) is 9.15 Å². The van der Waals surface area contributed by atoms with E-state index in [2.05, 4.69) is 10.2 Å². The molecule has 216 valence electrons. The molecule has 3 amide bonds. The quantitative estimate of drug-likeness (QED) is 0.447. The Kier molecular flexibility index (Phi) is 8.44. The van der Waals surface area contributed by atoms with E-state index < -0.39 is 0 Å². The molecule has 4 saturated carbocycles. The normalized spacial score (nSPS) is 27.4. The predicted octanol–water partition coefficient (Wildman–Crippen LogP) is 4.51. The monoisotopic (exact) mass is 548 g/mol. The number of carbonyl (C=O) groups excluding carboxylic acids is 2. The molecule has 5 aliphatic rings. The van der Waals surface area contributed by atoms with Gasteiger partial charge in [0.25, 0.3) is 0 Å². The Morgan fingerprint density at radius 2 is 1.60 bits per heavy atom. The fraction of sp³-hybridized carbons (Fsp3) is 0.625. The molecule has 0 unspecified atom stereocenters. The average Bonchev–Trinajstić information content (AvgIpc) is 3.45. The maximum absolute atomic E-state index is 13.9. The molecule has 2 aromatic rings. The summed E-state index contributed by atoms with van der Waals surface area (Å²) in [4.78, 5) is 33.8. The van der Waals surface area contributed by atoms with Gasteiger partial charge in [-0.05, 0) is 80.4 Å². The van der Waals surface area contributed by atoms with Crippen LogP contribution in [0.5, 0.6) is 0 Å². The van der Waals surface area contributed by atoms with Crippen molar-refractivity contribution in [2.45, 2.75) is 63.6 Å². The van der Waals surface area contributed by atoms with Crippen LogP contribution in [0.25, 0.3) is 0 Å². The number of morpholine rings is 1. The maximum atomic E-state index is 13.9. The minimum absolute atomic E-state index is 0.0627. The topological polar surface area (TPSA) is 78.3 Å². The van der Waals surface area contributed by atoms with Gasteiger partial charge < -0.3 is 24.3 Å². The summed E-state index contributed by atoms with van der Waals surface area (Å²) >= 11 is 0. The molecular formula is C32H44N4O4. The third-order valence-electron chi connectivity index (χ3n) is 9.53. The molecule has 5 fully saturated rings. The maximum Gasteiger partial charge on any atom is 0.318 e. The number of rotatable bonds is 11. The van der Waals surface area contributed by atoms with Crippen LogP contribution in [0.15, 0.2) is 53.1 Å². The minimum atomic E-state index is -0.0881. The highest BCUT2D eigenvalue weighted by Crippen LogP contribution is 2.55. The first-order valence-electron chi connectivity index (χ1n) is 15.2. The van der Waals surface area contributed by atoms with Gasteiger partial charge in [0.1, 0.15) is 12.3 Å². The second-order valence-electron chi connectivity index (χ2n) is 12.7. The molecule has 1 saturated heterocycles. The Morgan fingerprint density at radius 3 is 2.25 bits per heavy atom. The van der Waals surface area contributed by atoms with Crippen molar-refractivity contribution in [2.24, 2.45) is 17.8 Å². The summed E-state index contributed by atoms with van der Waals surface area (Å²) in [6.45, 7) is 5.73. The van der Waals surface area contributed by atoms with Gasteiger partial charge in [0.15, 0.2) is 0 Å². The van der Waals surface area contributed by atoms with Crippen molar-refractivity contribution in [3.8, 4) is 0 Å². The molecule has 8 nitrogen and oxygen atoms in total. The number of amides is 3. The van der Waals surface area contributed by atoms with Crippen molar-refractivity contribution in [1.29, 1.82) is 0 Å². The number of benzene rings is 1. The largest absolute Gasteiger partial charge is 0.467 e. The van der Waals surface area contributed by atoms with Crippen LogP contribution in [-0.2, 0) is 22.6 Å². The van der Waals surface area contributed by atoms with E-state index in [-0.39, 0.29) is 24.0 Å². The number of urea groups is 1. The highest BCUT2D eigenvalue weighted by molar-refractivity contribution is 5.84. The van der Waals surface area contributed by atoms with Gasteiger partial charge in [-0.1, -0.05) is 30.3 Å². The van der Waals surface area contributed by atoms with Crippen LogP contribution in [-0.4, -0.2) is 78.1 Å². The van der Waals surface area contributed by atoms with Crippen LogP contribution >= 0.6 is 0 Å². The summed E-state index contributed by atoms with van der Waals surface area (Å²) in [7, 11) is 0. The van der Waals surface area contributed by atoms with Gasteiger partial charge in [0.05, 0.1) is 26.0 Å². The Labute approximate surface area is 238 Å². The van der Waals surface area contributed by atoms with Crippen molar-refractivity contribution in [3.63, 3.8) is 0 Å². The predicted molar refractivity (Wildman–Crippen MR) is 152 cm³/mol. The van der Waals surface area contributed by atoms with E-state index in [1.165, 1.54) is 19.3 Å². The molecule has 0 radical (unpaired) electrons. The van der Waals surface area contributed by atoms with Crippen LogP contribution in [0, 0.1) is 17.8 Å². The third kappa shape index (κ3) is 6.72. The molecule has 1 aromatic heterocycles. The van der Waals surface area contributed by atoms with E-state index in [1.54, 1.807) is 16.1 Å². The summed E-state index contributed by atoms with van der Waals surface area (Å²) in [5, 5.41) is 3.52. The lowest BCUT2D eigenvalue weighted by Crippen LogP contribution is -2.62. The molecule has 0 spiro atoms. The standard InChI is InChI=1S/C32H44N4O4/c37-30(36(23-29-8-4-13-40-29)22-25-6-2-1-3-7-25)24-35(10-5-9-34-11-14-39-15-12-34)31(38)33-32-19-26-16-27(20-32)18-28(17-26)21-32/h1-4,6-8,13,26-28H,5,9-12,14-24H2,(H,33,38). The molecular weight excluding hydrogens is 504 g/mol. The van der Waals surface area contributed by atoms with Gasteiger partial charge in [-0.2, -0.15) is 0 Å². The molecule has 1 aliphatic heterocycles. The van der Waals surface area contributed by atoms with Gasteiger partial charge in [-0.15, -0.1) is 0 Å². The lowest BCUT2D eigenvalue weighted by Gasteiger charge is -2.57. The molecule has 8 heteroatoms. The number of nitrogens with one attached hydrogen (secondary N) is 1. The molecule has 4 aliphatic carbocycles. The molecule has 4 bridgehead atoms. The van der Waals surface area contributed by atoms with Crippen molar-refractivity contribution in [2.75, 3.05) is 45.9 Å². The zero-order chi connectivity index (χ0) is 27.4. The smallest absolute Gasteiger partial charge is 0.318 e. The summed E-state index contributed by atoms with van der Waals surface area (Å²) in [5.41, 5.74) is 0.967. The SMILES string of the molecule is O=C(CN(CCCN1CCOCC1)C(=O)NC12CC3CC(CC(C3)C1)C2)N(Cc1ccccc1)Cc1ccco1. The van der Waals surface area contributed by atoms with Crippen molar-refractivity contribution in [3.05, 3.63) is 60.1 Å². The van der Waals surface area contributed by atoms with Crippen LogP contribution in [0.4, 0.5) is 4.79 Å². The summed E-state index contributed by atoms with van der Waals surface area (Å²) < 4.78 is 11.1. The number of furan rings is 1. The zero-order valence-electron chi connectivity index (χ0n) is 23.6. The fourth-order valence-corrected chi connectivity index (χ4v) is 8.02. The van der Waals surface area contributed by atoms with Gasteiger partial charge in [0.2, 0.25) is 5.91 Å². The second kappa shape index (κ2) is 12.4. The van der Waals surface area contributed by atoms with E-state index in [9.17, 15) is 9.59 Å². The van der Waals surface area contributed by atoms with Crippen molar-refractivity contribution >= 4 is 11.9 Å². The summed E-state index contributed by atoms with van der Waals surface area (Å²) in [6.07, 6.45) is 9.75. The first kappa shape index (κ1) is 27.3. The number of hydrogen-bond donors (Lipinski definition) is 1. The van der Waals surface area contributed by atoms with Gasteiger partial charge >= 0.3 is 6.03 Å². The van der Waals surface area contributed by atoms with E-state index in [0.29, 0.717) is 19.6 Å².